The van der Waals surface area contributed by atoms with Crippen LogP contribution in [0.5, 0.6) is 0 Å². The number of amides is 4. The van der Waals surface area contributed by atoms with Crippen molar-refractivity contribution in [1.82, 2.24) is 21.3 Å². The lowest BCUT2D eigenvalue weighted by Crippen LogP contribution is -2.54. The minimum Gasteiger partial charge on any atom is -0.467 e. The van der Waals surface area contributed by atoms with Crippen LogP contribution >= 0.6 is 0 Å². The molecule has 0 saturated carbocycles. The van der Waals surface area contributed by atoms with Crippen LogP contribution in [0, 0.1) is 11.7 Å². The zero-order valence-corrected chi connectivity index (χ0v) is 23.4. The highest BCUT2D eigenvalue weighted by Crippen LogP contribution is 2.09. The van der Waals surface area contributed by atoms with Crippen LogP contribution < -0.4 is 27.0 Å². The number of hydrogen-bond acceptors (Lipinski definition) is 7. The maximum absolute atomic E-state index is 13.1. The van der Waals surface area contributed by atoms with Gasteiger partial charge < -0.3 is 31.7 Å². The highest BCUT2D eigenvalue weighted by molar-refractivity contribution is 5.93. The van der Waals surface area contributed by atoms with Crippen molar-refractivity contribution in [1.29, 1.82) is 0 Å². The van der Waals surface area contributed by atoms with E-state index in [0.29, 0.717) is 12.0 Å². The molecule has 0 radical (unpaired) electrons. The first kappa shape index (κ1) is 32.9. The van der Waals surface area contributed by atoms with E-state index in [-0.39, 0.29) is 18.8 Å². The fourth-order valence-corrected chi connectivity index (χ4v) is 3.91. The first-order valence-electron chi connectivity index (χ1n) is 13.2. The minimum absolute atomic E-state index is 0.0923. The zero-order chi connectivity index (χ0) is 30.4. The van der Waals surface area contributed by atoms with Crippen LogP contribution in [0.25, 0.3) is 0 Å². The lowest BCUT2D eigenvalue weighted by Gasteiger charge is -2.23. The second-order valence-electron chi connectivity index (χ2n) is 9.96. The number of ether oxygens (including phenoxy) is 1. The fraction of sp³-hybridized carbons (Fsp3) is 0.414. The molecular formula is C29H38FN5O6. The van der Waals surface area contributed by atoms with E-state index in [9.17, 15) is 28.4 Å². The average molecular weight is 572 g/mol. The Bertz CT molecular complexity index is 1180. The molecule has 222 valence electrons. The molecule has 0 bridgehead atoms. The Hall–Kier alpha value is -4.32. The lowest BCUT2D eigenvalue weighted by atomic mass is 10.0. The van der Waals surface area contributed by atoms with E-state index >= 15 is 0 Å². The molecule has 3 unspecified atom stereocenters. The van der Waals surface area contributed by atoms with Crippen molar-refractivity contribution in [3.63, 3.8) is 0 Å². The number of hydrogen-bond donors (Lipinski definition) is 5. The molecule has 6 N–H and O–H groups in total. The molecule has 3 atom stereocenters. The summed E-state index contributed by atoms with van der Waals surface area (Å²) in [6, 6.07) is 11.7. The second-order valence-corrected chi connectivity index (χ2v) is 9.96. The van der Waals surface area contributed by atoms with Gasteiger partial charge >= 0.3 is 5.97 Å². The van der Waals surface area contributed by atoms with Gasteiger partial charge in [-0.15, -0.1) is 0 Å². The monoisotopic (exact) mass is 571 g/mol. The van der Waals surface area contributed by atoms with Gasteiger partial charge in [0.15, 0.2) is 0 Å². The van der Waals surface area contributed by atoms with E-state index < -0.39 is 66.6 Å². The molecule has 4 amide bonds. The minimum atomic E-state index is -1.04. The third kappa shape index (κ3) is 12.2. The Morgan fingerprint density at radius 3 is 2.00 bits per heavy atom. The summed E-state index contributed by atoms with van der Waals surface area (Å²) in [5.74, 6) is -3.36. The van der Waals surface area contributed by atoms with Gasteiger partial charge in [0.25, 0.3) is 0 Å². The van der Waals surface area contributed by atoms with E-state index in [1.54, 1.807) is 24.3 Å². The topological polar surface area (TPSA) is 169 Å². The first-order chi connectivity index (χ1) is 19.5. The molecule has 0 aliphatic heterocycles. The molecule has 12 heteroatoms. The summed E-state index contributed by atoms with van der Waals surface area (Å²) in [4.78, 5) is 62.4. The lowest BCUT2D eigenvalue weighted by molar-refractivity contribution is -0.145. The molecule has 0 saturated heterocycles. The summed E-state index contributed by atoms with van der Waals surface area (Å²) in [7, 11) is 1.23. The Morgan fingerprint density at radius 1 is 0.780 bits per heavy atom. The van der Waals surface area contributed by atoms with Gasteiger partial charge in [-0.2, -0.15) is 0 Å². The molecule has 0 aromatic heterocycles. The average Bonchev–Trinajstić information content (AvgIpc) is 2.95. The normalized spacial score (nSPS) is 12.9. The van der Waals surface area contributed by atoms with E-state index in [1.807, 2.05) is 19.9 Å². The maximum Gasteiger partial charge on any atom is 0.328 e. The van der Waals surface area contributed by atoms with Gasteiger partial charge in [0.1, 0.15) is 17.9 Å². The van der Waals surface area contributed by atoms with Crippen LogP contribution in [-0.2, 0) is 41.6 Å². The predicted molar refractivity (Wildman–Crippen MR) is 150 cm³/mol. The number of nitrogens with one attached hydrogen (secondary N) is 4. The maximum atomic E-state index is 13.1. The zero-order valence-electron chi connectivity index (χ0n) is 23.4. The van der Waals surface area contributed by atoms with Crippen LogP contribution in [0.3, 0.4) is 0 Å². The number of methoxy groups -OCH3 is 1. The largest absolute Gasteiger partial charge is 0.467 e. The van der Waals surface area contributed by atoms with Crippen molar-refractivity contribution in [2.45, 2.75) is 51.2 Å². The van der Waals surface area contributed by atoms with Gasteiger partial charge in [-0.05, 0) is 42.0 Å². The number of carbonyl (C=O) groups is 5. The molecule has 2 aromatic carbocycles. The number of halogens is 1. The Balaban J connectivity index is 1.91. The van der Waals surface area contributed by atoms with Crippen LogP contribution in [0.1, 0.15) is 31.4 Å². The highest BCUT2D eigenvalue weighted by Gasteiger charge is 2.28. The standard InChI is InChI=1S/C29H38FN5O6/c1-18(2)13-24(29(40)41-3)35-28(39)23(15-19-7-5-4-6-8-19)34-26(37)17-32-25(36)16-33-27(38)22(31)14-20-9-11-21(30)12-10-20/h4-12,18,22-24H,13-17,31H2,1-3H3,(H,32,36)(H,33,38)(H,34,37)(H,35,39). The Labute approximate surface area is 238 Å². The van der Waals surface area contributed by atoms with Gasteiger partial charge in [0, 0.05) is 6.42 Å². The summed E-state index contributed by atoms with van der Waals surface area (Å²) in [6.07, 6.45) is 0.638. The summed E-state index contributed by atoms with van der Waals surface area (Å²) >= 11 is 0. The summed E-state index contributed by atoms with van der Waals surface area (Å²) < 4.78 is 17.8. The third-order valence-electron chi connectivity index (χ3n) is 6.02. The van der Waals surface area contributed by atoms with Crippen LogP contribution in [0.4, 0.5) is 4.39 Å². The summed E-state index contributed by atoms with van der Waals surface area (Å²) in [5, 5.41) is 10.0. The van der Waals surface area contributed by atoms with Crippen molar-refractivity contribution in [2.24, 2.45) is 11.7 Å². The number of rotatable bonds is 15. The molecule has 11 nitrogen and oxygen atoms in total. The number of esters is 1. The van der Waals surface area contributed by atoms with Crippen molar-refractivity contribution < 1.29 is 33.1 Å². The molecule has 0 aliphatic rings. The van der Waals surface area contributed by atoms with E-state index in [1.165, 1.54) is 31.4 Å². The van der Waals surface area contributed by atoms with Crippen molar-refractivity contribution in [3.05, 3.63) is 71.5 Å². The van der Waals surface area contributed by atoms with Gasteiger partial charge in [-0.25, -0.2) is 9.18 Å². The summed E-state index contributed by atoms with van der Waals surface area (Å²) in [6.45, 7) is 2.92. The van der Waals surface area contributed by atoms with E-state index in [0.717, 1.165) is 5.56 Å². The second kappa shape index (κ2) is 16.7. The number of benzene rings is 2. The molecule has 0 aliphatic carbocycles. The molecule has 0 spiro atoms. The quantitative estimate of drug-likeness (QED) is 0.192. The predicted octanol–water partition coefficient (Wildman–Crippen LogP) is 0.359. The van der Waals surface area contributed by atoms with Crippen molar-refractivity contribution in [3.8, 4) is 0 Å². The van der Waals surface area contributed by atoms with Crippen LogP contribution in [0.15, 0.2) is 54.6 Å². The molecule has 2 rings (SSSR count). The number of nitrogens with two attached hydrogens (primary N) is 1. The summed E-state index contributed by atoms with van der Waals surface area (Å²) in [5.41, 5.74) is 7.29. The molecular weight excluding hydrogens is 533 g/mol. The number of carbonyl (C=O) groups excluding carboxylic acids is 5. The Kier molecular flexibility index (Phi) is 13.4. The van der Waals surface area contributed by atoms with E-state index in [2.05, 4.69) is 21.3 Å². The molecule has 2 aromatic rings. The molecule has 41 heavy (non-hydrogen) atoms. The van der Waals surface area contributed by atoms with Crippen LogP contribution in [0.2, 0.25) is 0 Å². The SMILES string of the molecule is COC(=O)C(CC(C)C)NC(=O)C(Cc1ccccc1)NC(=O)CNC(=O)CNC(=O)C(N)Cc1ccc(F)cc1. The first-order valence-corrected chi connectivity index (χ1v) is 13.2. The Morgan fingerprint density at radius 2 is 1.39 bits per heavy atom. The fourth-order valence-electron chi connectivity index (χ4n) is 3.91. The van der Waals surface area contributed by atoms with Crippen molar-refractivity contribution >= 4 is 29.6 Å². The van der Waals surface area contributed by atoms with Gasteiger partial charge in [-0.3, -0.25) is 19.2 Å². The molecule has 0 heterocycles. The van der Waals surface area contributed by atoms with Gasteiger partial charge in [0.2, 0.25) is 23.6 Å². The van der Waals surface area contributed by atoms with Crippen molar-refractivity contribution in [2.75, 3.05) is 20.2 Å². The van der Waals surface area contributed by atoms with Crippen LogP contribution in [-0.4, -0.2) is 67.9 Å². The molecule has 0 fully saturated rings. The third-order valence-corrected chi connectivity index (χ3v) is 6.02. The highest BCUT2D eigenvalue weighted by atomic mass is 19.1. The van der Waals surface area contributed by atoms with Gasteiger partial charge in [0.05, 0.1) is 26.2 Å². The smallest absolute Gasteiger partial charge is 0.328 e. The van der Waals surface area contributed by atoms with Gasteiger partial charge in [-0.1, -0.05) is 56.3 Å². The van der Waals surface area contributed by atoms with E-state index in [4.69, 9.17) is 10.5 Å².